The number of rotatable bonds is 4. The van der Waals surface area contributed by atoms with Gasteiger partial charge in [-0.1, -0.05) is 31.9 Å². The number of alkyl halides is 2. The van der Waals surface area contributed by atoms with Gasteiger partial charge >= 0.3 is 0 Å². The maximum Gasteiger partial charge on any atom is 0.230 e. The highest BCUT2D eigenvalue weighted by molar-refractivity contribution is 9.09. The van der Waals surface area contributed by atoms with Gasteiger partial charge in [-0.25, -0.2) is 0 Å². The first-order valence-electron chi connectivity index (χ1n) is 4.36. The summed E-state index contributed by atoms with van der Waals surface area (Å²) >= 11 is 6.15. The molecule has 0 heterocycles. The van der Waals surface area contributed by atoms with Crippen LogP contribution in [0.4, 0.5) is 0 Å². The molecule has 0 aliphatic heterocycles. The molecule has 6 heteroatoms. The molecule has 0 spiro atoms. The molecule has 2 amide bonds. The largest absolute Gasteiger partial charge is 0.352 e. The lowest BCUT2D eigenvalue weighted by atomic mass is 9.87. The standard InChI is InChI=1S/C8H12Br2N2O2/c9-3-7(13)11-5-1-6(2-5)12-8(14)4-10/h5-6H,1-4H2,(H,11,13)(H,12,14). The number of hydrogen-bond donors (Lipinski definition) is 2. The van der Waals surface area contributed by atoms with Crippen LogP contribution < -0.4 is 10.6 Å². The van der Waals surface area contributed by atoms with E-state index in [0.29, 0.717) is 10.7 Å². The highest BCUT2D eigenvalue weighted by Crippen LogP contribution is 2.19. The van der Waals surface area contributed by atoms with Crippen molar-refractivity contribution in [2.75, 3.05) is 10.7 Å². The zero-order valence-electron chi connectivity index (χ0n) is 7.56. The average molecular weight is 328 g/mol. The van der Waals surface area contributed by atoms with Crippen molar-refractivity contribution in [3.63, 3.8) is 0 Å². The van der Waals surface area contributed by atoms with Gasteiger partial charge in [-0.2, -0.15) is 0 Å². The van der Waals surface area contributed by atoms with E-state index in [1.165, 1.54) is 0 Å². The number of carbonyl (C=O) groups is 2. The number of nitrogens with one attached hydrogen (secondary N) is 2. The predicted molar refractivity (Wildman–Crippen MR) is 60.7 cm³/mol. The summed E-state index contributed by atoms with van der Waals surface area (Å²) in [5.41, 5.74) is 0. The van der Waals surface area contributed by atoms with Gasteiger partial charge in [0.05, 0.1) is 10.7 Å². The Morgan fingerprint density at radius 3 is 1.64 bits per heavy atom. The molecular weight excluding hydrogens is 316 g/mol. The number of halogens is 2. The first-order chi connectivity index (χ1) is 6.65. The lowest BCUT2D eigenvalue weighted by molar-refractivity contribution is -0.120. The minimum atomic E-state index is 0.000248. The molecule has 1 fully saturated rings. The second-order valence-corrected chi connectivity index (χ2v) is 4.39. The molecule has 0 aromatic carbocycles. The van der Waals surface area contributed by atoms with E-state index in [1.807, 2.05) is 0 Å². The molecule has 1 aliphatic carbocycles. The number of carbonyl (C=O) groups excluding carboxylic acids is 2. The van der Waals surface area contributed by atoms with Crippen LogP contribution in [0.1, 0.15) is 12.8 Å². The molecule has 1 rings (SSSR count). The van der Waals surface area contributed by atoms with E-state index in [0.717, 1.165) is 12.8 Å². The van der Waals surface area contributed by atoms with E-state index in [4.69, 9.17) is 0 Å². The van der Waals surface area contributed by atoms with Gasteiger partial charge < -0.3 is 10.6 Å². The summed E-state index contributed by atoms with van der Waals surface area (Å²) in [6.07, 6.45) is 1.66. The fourth-order valence-corrected chi connectivity index (χ4v) is 1.71. The molecule has 0 bridgehead atoms. The van der Waals surface area contributed by atoms with Crippen LogP contribution in [0.15, 0.2) is 0 Å². The summed E-state index contributed by atoms with van der Waals surface area (Å²) in [6, 6.07) is 0.446. The van der Waals surface area contributed by atoms with Crippen molar-refractivity contribution >= 4 is 43.7 Å². The van der Waals surface area contributed by atoms with Gasteiger partial charge in [0.2, 0.25) is 11.8 Å². The van der Waals surface area contributed by atoms with Crippen LogP contribution in [-0.4, -0.2) is 34.6 Å². The molecule has 4 nitrogen and oxygen atoms in total. The fourth-order valence-electron chi connectivity index (χ4n) is 1.39. The maximum atomic E-state index is 10.9. The molecule has 2 N–H and O–H groups in total. The highest BCUT2D eigenvalue weighted by Gasteiger charge is 2.30. The van der Waals surface area contributed by atoms with E-state index in [1.54, 1.807) is 0 Å². The molecule has 1 saturated carbocycles. The molecule has 0 atom stereocenters. The van der Waals surface area contributed by atoms with E-state index in [9.17, 15) is 9.59 Å². The van der Waals surface area contributed by atoms with Gasteiger partial charge in [0.1, 0.15) is 0 Å². The van der Waals surface area contributed by atoms with Gasteiger partial charge in [0.25, 0.3) is 0 Å². The van der Waals surface area contributed by atoms with Gasteiger partial charge in [-0.05, 0) is 12.8 Å². The highest BCUT2D eigenvalue weighted by atomic mass is 79.9. The quantitative estimate of drug-likeness (QED) is 0.740. The molecule has 0 aromatic heterocycles. The molecule has 14 heavy (non-hydrogen) atoms. The molecule has 80 valence electrons. The lowest BCUT2D eigenvalue weighted by Gasteiger charge is -2.36. The van der Waals surface area contributed by atoms with E-state index in [-0.39, 0.29) is 23.9 Å². The van der Waals surface area contributed by atoms with E-state index in [2.05, 4.69) is 42.5 Å². The Morgan fingerprint density at radius 2 is 1.36 bits per heavy atom. The second kappa shape index (κ2) is 5.70. The lowest BCUT2D eigenvalue weighted by Crippen LogP contribution is -2.54. The summed E-state index contributed by atoms with van der Waals surface area (Å²) < 4.78 is 0. The van der Waals surface area contributed by atoms with Gasteiger partial charge in [0, 0.05) is 12.1 Å². The Morgan fingerprint density at radius 1 is 1.00 bits per heavy atom. The molecule has 0 unspecified atom stereocenters. The molecule has 0 radical (unpaired) electrons. The summed E-state index contributed by atoms with van der Waals surface area (Å²) in [7, 11) is 0. The van der Waals surface area contributed by atoms with Crippen LogP contribution in [0, 0.1) is 0 Å². The van der Waals surface area contributed by atoms with Gasteiger partial charge in [-0.3, -0.25) is 9.59 Å². The SMILES string of the molecule is O=C(CBr)NC1CC(NC(=O)CBr)C1. The van der Waals surface area contributed by atoms with Crippen LogP contribution in [0.3, 0.4) is 0 Å². The third kappa shape index (κ3) is 3.57. The average Bonchev–Trinajstić information content (AvgIpc) is 2.13. The van der Waals surface area contributed by atoms with Crippen LogP contribution in [-0.2, 0) is 9.59 Å². The van der Waals surface area contributed by atoms with Gasteiger partial charge in [-0.15, -0.1) is 0 Å². The third-order valence-electron chi connectivity index (χ3n) is 2.11. The Bertz CT molecular complexity index is 207. The van der Waals surface area contributed by atoms with Crippen molar-refractivity contribution < 1.29 is 9.59 Å². The Hall–Kier alpha value is -0.100. The summed E-state index contributed by atoms with van der Waals surface area (Å²) in [4.78, 5) is 21.9. The Kier molecular flexibility index (Phi) is 4.88. The first kappa shape index (κ1) is 12.0. The zero-order chi connectivity index (χ0) is 10.6. The third-order valence-corrected chi connectivity index (χ3v) is 3.13. The smallest absolute Gasteiger partial charge is 0.230 e. The monoisotopic (exact) mass is 326 g/mol. The summed E-state index contributed by atoms with van der Waals surface area (Å²) in [5, 5.41) is 6.35. The topological polar surface area (TPSA) is 58.2 Å². The van der Waals surface area contributed by atoms with Crippen molar-refractivity contribution in [3.8, 4) is 0 Å². The maximum absolute atomic E-state index is 10.9. The first-order valence-corrected chi connectivity index (χ1v) is 6.60. The molecule has 1 aliphatic rings. The van der Waals surface area contributed by atoms with Gasteiger partial charge in [0.15, 0.2) is 0 Å². The predicted octanol–water partition coefficient (Wildman–Crippen LogP) is 0.540. The normalized spacial score (nSPS) is 25.0. The van der Waals surface area contributed by atoms with Crippen LogP contribution in [0.2, 0.25) is 0 Å². The van der Waals surface area contributed by atoms with Crippen molar-refractivity contribution in [1.29, 1.82) is 0 Å². The van der Waals surface area contributed by atoms with E-state index >= 15 is 0 Å². The fraction of sp³-hybridized carbons (Fsp3) is 0.750. The minimum absolute atomic E-state index is 0.000248. The van der Waals surface area contributed by atoms with Crippen LogP contribution >= 0.6 is 31.9 Å². The second-order valence-electron chi connectivity index (χ2n) is 3.27. The van der Waals surface area contributed by atoms with Crippen molar-refractivity contribution in [2.24, 2.45) is 0 Å². The Labute approximate surface area is 99.4 Å². The summed E-state index contributed by atoms with van der Waals surface area (Å²) in [5.74, 6) is 0.000496. The Balaban J connectivity index is 2.11. The molecule has 0 aromatic rings. The zero-order valence-corrected chi connectivity index (χ0v) is 10.7. The molecular formula is C8H12Br2N2O2. The minimum Gasteiger partial charge on any atom is -0.352 e. The van der Waals surface area contributed by atoms with Crippen molar-refractivity contribution in [1.82, 2.24) is 10.6 Å². The van der Waals surface area contributed by atoms with Crippen molar-refractivity contribution in [3.05, 3.63) is 0 Å². The van der Waals surface area contributed by atoms with Crippen molar-refractivity contribution in [2.45, 2.75) is 24.9 Å². The number of amides is 2. The van der Waals surface area contributed by atoms with Crippen LogP contribution in [0.25, 0.3) is 0 Å². The molecule has 0 saturated heterocycles. The number of hydrogen-bond acceptors (Lipinski definition) is 2. The van der Waals surface area contributed by atoms with E-state index < -0.39 is 0 Å². The summed E-state index contributed by atoms with van der Waals surface area (Å²) in [6.45, 7) is 0. The van der Waals surface area contributed by atoms with Crippen LogP contribution in [0.5, 0.6) is 0 Å².